The molecular formula is C24H14F10O3. The van der Waals surface area contributed by atoms with Crippen molar-refractivity contribution in [2.24, 2.45) is 5.92 Å². The van der Waals surface area contributed by atoms with Crippen LogP contribution in [0, 0.1) is 35.0 Å². The zero-order valence-electron chi connectivity index (χ0n) is 18.5. The van der Waals surface area contributed by atoms with E-state index in [2.05, 4.69) is 9.47 Å². The Bertz CT molecular complexity index is 1310. The second-order valence-electron chi connectivity index (χ2n) is 8.26. The Labute approximate surface area is 202 Å². The minimum absolute atomic E-state index is 0.0917. The highest BCUT2D eigenvalue weighted by atomic mass is 19.4. The highest BCUT2D eigenvalue weighted by Crippen LogP contribution is 2.40. The van der Waals surface area contributed by atoms with Gasteiger partial charge in [-0.2, -0.15) is 8.78 Å². The highest BCUT2D eigenvalue weighted by molar-refractivity contribution is 5.68. The lowest BCUT2D eigenvalue weighted by atomic mass is 9.94. The molecule has 13 heteroatoms. The number of halogens is 10. The molecule has 0 aromatic heterocycles. The Hall–Kier alpha value is -3.64. The van der Waals surface area contributed by atoms with Gasteiger partial charge in [0.05, 0.1) is 6.61 Å². The van der Waals surface area contributed by atoms with E-state index in [0.717, 1.165) is 6.07 Å². The molecule has 37 heavy (non-hydrogen) atoms. The fourth-order valence-electron chi connectivity index (χ4n) is 3.79. The Morgan fingerprint density at radius 1 is 0.757 bits per heavy atom. The van der Waals surface area contributed by atoms with Crippen LogP contribution in [0.1, 0.15) is 18.1 Å². The summed E-state index contributed by atoms with van der Waals surface area (Å²) in [6.07, 6.45) is -9.90. The average molecular weight is 540 g/mol. The second-order valence-corrected chi connectivity index (χ2v) is 8.26. The number of alkyl halides is 5. The molecule has 0 saturated carbocycles. The van der Waals surface area contributed by atoms with Gasteiger partial charge in [-0.3, -0.25) is 0 Å². The Kier molecular flexibility index (Phi) is 6.67. The standard InChI is InChI=1S/C24H14F10O3/c1-10-2-12-5-15(25)14(8-20(12)35-9-10)11-3-16(26)21(17(27)4-11)23(30,31)36-13-6-18(28)22(19(29)7-13)37-24(32,33)34/h3-8,10H,2,9H2,1H3. The van der Waals surface area contributed by atoms with E-state index < -0.39 is 64.2 Å². The molecule has 1 aliphatic rings. The first-order valence-corrected chi connectivity index (χ1v) is 10.4. The van der Waals surface area contributed by atoms with Gasteiger partial charge in [-0.1, -0.05) is 6.92 Å². The molecule has 0 saturated heterocycles. The fraction of sp³-hybridized carbons (Fsp3) is 0.250. The van der Waals surface area contributed by atoms with Crippen LogP contribution in [0.2, 0.25) is 0 Å². The lowest BCUT2D eigenvalue weighted by molar-refractivity contribution is -0.276. The van der Waals surface area contributed by atoms with Gasteiger partial charge < -0.3 is 14.2 Å². The van der Waals surface area contributed by atoms with E-state index in [1.165, 1.54) is 6.07 Å². The molecule has 1 atom stereocenters. The van der Waals surface area contributed by atoms with Crippen LogP contribution in [0.25, 0.3) is 11.1 Å². The summed E-state index contributed by atoms with van der Waals surface area (Å²) in [5, 5.41) is 0. The molecule has 0 N–H and O–H groups in total. The maximum atomic E-state index is 14.7. The van der Waals surface area contributed by atoms with Crippen LogP contribution in [0.3, 0.4) is 0 Å². The predicted molar refractivity (Wildman–Crippen MR) is 108 cm³/mol. The molecule has 3 aromatic carbocycles. The summed E-state index contributed by atoms with van der Waals surface area (Å²) in [4.78, 5) is 0. The van der Waals surface area contributed by atoms with Crippen LogP contribution in [0.4, 0.5) is 43.9 Å². The summed E-state index contributed by atoms with van der Waals surface area (Å²) in [5.74, 6) is -11.8. The first-order valence-electron chi connectivity index (χ1n) is 10.4. The zero-order chi connectivity index (χ0) is 27.3. The summed E-state index contributed by atoms with van der Waals surface area (Å²) < 4.78 is 150. The molecule has 0 fully saturated rings. The zero-order valence-corrected chi connectivity index (χ0v) is 18.5. The molecule has 0 bridgehead atoms. The summed E-state index contributed by atoms with van der Waals surface area (Å²) in [5.41, 5.74) is -2.27. The van der Waals surface area contributed by atoms with Crippen molar-refractivity contribution in [2.75, 3.05) is 6.61 Å². The van der Waals surface area contributed by atoms with Gasteiger partial charge in [0.2, 0.25) is 5.75 Å². The van der Waals surface area contributed by atoms with Gasteiger partial charge in [-0.25, -0.2) is 22.0 Å². The molecule has 0 spiro atoms. The smallest absolute Gasteiger partial charge is 0.493 e. The van der Waals surface area contributed by atoms with E-state index in [1.807, 2.05) is 6.92 Å². The number of rotatable bonds is 5. The van der Waals surface area contributed by atoms with Gasteiger partial charge in [0.1, 0.15) is 34.5 Å². The number of hydrogen-bond acceptors (Lipinski definition) is 3. The second kappa shape index (κ2) is 9.34. The summed E-state index contributed by atoms with van der Waals surface area (Å²) in [6.45, 7) is 2.18. The van der Waals surface area contributed by atoms with Crippen molar-refractivity contribution in [3.05, 3.63) is 76.6 Å². The fourth-order valence-corrected chi connectivity index (χ4v) is 3.79. The molecule has 198 valence electrons. The molecule has 0 amide bonds. The first kappa shape index (κ1) is 26.4. The average Bonchev–Trinajstić information content (AvgIpc) is 2.74. The maximum Gasteiger partial charge on any atom is 0.573 e. The monoisotopic (exact) mass is 540 g/mol. The van der Waals surface area contributed by atoms with Crippen LogP contribution < -0.4 is 14.2 Å². The van der Waals surface area contributed by atoms with Gasteiger partial charge in [-0.15, -0.1) is 13.2 Å². The van der Waals surface area contributed by atoms with Crippen molar-refractivity contribution >= 4 is 0 Å². The van der Waals surface area contributed by atoms with Crippen LogP contribution in [0.5, 0.6) is 17.2 Å². The summed E-state index contributed by atoms with van der Waals surface area (Å²) >= 11 is 0. The third-order valence-corrected chi connectivity index (χ3v) is 5.32. The molecule has 1 heterocycles. The van der Waals surface area contributed by atoms with Gasteiger partial charge in [-0.05, 0) is 47.7 Å². The molecule has 0 radical (unpaired) electrons. The van der Waals surface area contributed by atoms with Crippen molar-refractivity contribution in [2.45, 2.75) is 25.8 Å². The maximum absolute atomic E-state index is 14.7. The molecule has 1 aliphatic heterocycles. The third kappa shape index (κ3) is 5.54. The minimum atomic E-state index is -5.50. The van der Waals surface area contributed by atoms with Crippen molar-refractivity contribution < 1.29 is 58.1 Å². The number of ether oxygens (including phenoxy) is 3. The van der Waals surface area contributed by atoms with Crippen molar-refractivity contribution in [1.82, 2.24) is 0 Å². The quantitative estimate of drug-likeness (QED) is 0.311. The molecule has 3 aromatic rings. The van der Waals surface area contributed by atoms with Gasteiger partial charge in [0.15, 0.2) is 11.6 Å². The van der Waals surface area contributed by atoms with E-state index in [4.69, 9.17) is 4.74 Å². The van der Waals surface area contributed by atoms with Crippen molar-refractivity contribution in [1.29, 1.82) is 0 Å². The van der Waals surface area contributed by atoms with Crippen LogP contribution in [-0.2, 0) is 12.5 Å². The van der Waals surface area contributed by atoms with Crippen LogP contribution in [-0.4, -0.2) is 13.0 Å². The highest BCUT2D eigenvalue weighted by Gasteiger charge is 2.42. The molecule has 3 nitrogen and oxygen atoms in total. The molecular weight excluding hydrogens is 526 g/mol. The third-order valence-electron chi connectivity index (χ3n) is 5.32. The summed E-state index contributed by atoms with van der Waals surface area (Å²) in [6, 6.07) is 2.89. The largest absolute Gasteiger partial charge is 0.573 e. The lowest BCUT2D eigenvalue weighted by Crippen LogP contribution is -2.25. The normalized spacial score (nSPS) is 15.7. The van der Waals surface area contributed by atoms with Gasteiger partial charge in [0.25, 0.3) is 0 Å². The van der Waals surface area contributed by atoms with Gasteiger partial charge in [0, 0.05) is 17.7 Å². The number of benzene rings is 3. The van der Waals surface area contributed by atoms with Crippen LogP contribution >= 0.6 is 0 Å². The van der Waals surface area contributed by atoms with E-state index in [0.29, 0.717) is 30.7 Å². The Morgan fingerprint density at radius 3 is 1.92 bits per heavy atom. The van der Waals surface area contributed by atoms with Gasteiger partial charge >= 0.3 is 12.5 Å². The molecule has 0 aliphatic carbocycles. The van der Waals surface area contributed by atoms with E-state index in [9.17, 15) is 43.9 Å². The van der Waals surface area contributed by atoms with E-state index in [1.54, 1.807) is 0 Å². The van der Waals surface area contributed by atoms with E-state index >= 15 is 0 Å². The molecule has 1 unspecified atom stereocenters. The predicted octanol–water partition coefficient (Wildman–Crippen LogP) is 7.65. The first-order chi connectivity index (χ1) is 17.1. The Balaban J connectivity index is 1.66. The number of hydrogen-bond donors (Lipinski definition) is 0. The van der Waals surface area contributed by atoms with Crippen molar-refractivity contribution in [3.8, 4) is 28.4 Å². The number of fused-ring (bicyclic) bond motifs is 1. The SMILES string of the molecule is CC1COc2cc(-c3cc(F)c(C(F)(F)Oc4cc(F)c(OC(F)(F)F)c(F)c4)c(F)c3)c(F)cc2C1. The van der Waals surface area contributed by atoms with Crippen molar-refractivity contribution in [3.63, 3.8) is 0 Å². The van der Waals surface area contributed by atoms with E-state index in [-0.39, 0.29) is 29.4 Å². The summed E-state index contributed by atoms with van der Waals surface area (Å²) in [7, 11) is 0. The van der Waals surface area contributed by atoms with Crippen LogP contribution in [0.15, 0.2) is 36.4 Å². The lowest BCUT2D eigenvalue weighted by Gasteiger charge is -2.24. The minimum Gasteiger partial charge on any atom is -0.493 e. The topological polar surface area (TPSA) is 27.7 Å². The molecule has 4 rings (SSSR count). The Morgan fingerprint density at radius 2 is 1.35 bits per heavy atom.